The highest BCUT2D eigenvalue weighted by Crippen LogP contribution is 2.16. The smallest absolute Gasteiger partial charge is 0.408 e. The lowest BCUT2D eigenvalue weighted by Crippen LogP contribution is -2.47. The lowest BCUT2D eigenvalue weighted by molar-refractivity contribution is -0.155. The minimum Gasteiger partial charge on any atom is -0.460 e. The van der Waals surface area contributed by atoms with Crippen LogP contribution in [0.3, 0.4) is 0 Å². The number of cyclic esters (lactones) is 1. The van der Waals surface area contributed by atoms with Gasteiger partial charge in [-0.3, -0.25) is 0 Å². The van der Waals surface area contributed by atoms with Gasteiger partial charge in [-0.05, 0) is 18.4 Å². The average Bonchev–Trinajstić information content (AvgIpc) is 2.48. The Morgan fingerprint density at radius 2 is 2.10 bits per heavy atom. The Morgan fingerprint density at radius 3 is 2.75 bits per heavy atom. The normalized spacial score (nSPS) is 21.9. The molecule has 1 saturated heterocycles. The first-order valence-electron chi connectivity index (χ1n) is 6.42. The number of nitrogens with one attached hydrogen (secondary N) is 1. The van der Waals surface area contributed by atoms with E-state index in [9.17, 15) is 9.59 Å². The number of rotatable bonds is 4. The molecule has 108 valence electrons. The third kappa shape index (κ3) is 4.36. The van der Waals surface area contributed by atoms with Crippen LogP contribution in [0, 0.1) is 0 Å². The summed E-state index contributed by atoms with van der Waals surface area (Å²) in [4.78, 5) is 23.3. The van der Waals surface area contributed by atoms with Crippen LogP contribution < -0.4 is 5.32 Å². The quantitative estimate of drug-likeness (QED) is 0.488. The zero-order valence-electron chi connectivity index (χ0n) is 10.9. The molecule has 0 saturated carbocycles. The van der Waals surface area contributed by atoms with Gasteiger partial charge in [0.1, 0.15) is 18.8 Å². The predicted octanol–water partition coefficient (Wildman–Crippen LogP) is 2.42. The van der Waals surface area contributed by atoms with Crippen LogP contribution >= 0.6 is 22.6 Å². The fourth-order valence-electron chi connectivity index (χ4n) is 1.92. The number of esters is 1. The summed E-state index contributed by atoms with van der Waals surface area (Å²) in [6, 6.07) is 8.78. The van der Waals surface area contributed by atoms with E-state index in [1.54, 1.807) is 0 Å². The number of amides is 1. The van der Waals surface area contributed by atoms with Crippen LogP contribution in [-0.2, 0) is 20.9 Å². The third-order valence-corrected chi connectivity index (χ3v) is 4.00. The number of halogens is 1. The summed E-state index contributed by atoms with van der Waals surface area (Å²) in [7, 11) is 0. The summed E-state index contributed by atoms with van der Waals surface area (Å²) >= 11 is 2.18. The fraction of sp³-hybridized carbons (Fsp3) is 0.429. The molecule has 2 atom stereocenters. The van der Waals surface area contributed by atoms with Gasteiger partial charge in [-0.15, -0.1) is 0 Å². The van der Waals surface area contributed by atoms with E-state index in [4.69, 9.17) is 9.47 Å². The molecular formula is C14H16INO4. The van der Waals surface area contributed by atoms with Crippen LogP contribution in [0.15, 0.2) is 30.3 Å². The van der Waals surface area contributed by atoms with Crippen molar-refractivity contribution in [2.24, 2.45) is 0 Å². The summed E-state index contributed by atoms with van der Waals surface area (Å²) < 4.78 is 11.0. The van der Waals surface area contributed by atoms with Crippen molar-refractivity contribution in [2.75, 3.05) is 4.43 Å². The molecule has 1 fully saturated rings. The molecule has 0 spiro atoms. The van der Waals surface area contributed by atoms with Gasteiger partial charge in [-0.25, -0.2) is 9.59 Å². The fourth-order valence-corrected chi connectivity index (χ4v) is 2.54. The average molecular weight is 389 g/mol. The van der Waals surface area contributed by atoms with Gasteiger partial charge in [-0.2, -0.15) is 0 Å². The standard InChI is InChI=1S/C14H16INO4/c15-8-11-6-7-12(13(17)20-11)16-14(18)19-9-10-4-2-1-3-5-10/h1-5,11-12H,6-9H2,(H,16,18). The first kappa shape index (κ1) is 15.1. The first-order chi connectivity index (χ1) is 9.69. The monoisotopic (exact) mass is 389 g/mol. The molecule has 0 radical (unpaired) electrons. The molecule has 1 N–H and O–H groups in total. The first-order valence-corrected chi connectivity index (χ1v) is 7.95. The van der Waals surface area contributed by atoms with Gasteiger partial charge in [0, 0.05) is 4.43 Å². The Hall–Kier alpha value is -1.31. The molecule has 5 nitrogen and oxygen atoms in total. The van der Waals surface area contributed by atoms with E-state index in [-0.39, 0.29) is 18.7 Å². The second-order valence-corrected chi connectivity index (χ2v) is 5.43. The van der Waals surface area contributed by atoms with Crippen molar-refractivity contribution in [3.05, 3.63) is 35.9 Å². The van der Waals surface area contributed by atoms with Gasteiger partial charge in [0.25, 0.3) is 0 Å². The number of benzene rings is 1. The molecule has 6 heteroatoms. The summed E-state index contributed by atoms with van der Waals surface area (Å²) in [5.41, 5.74) is 0.902. The molecule has 20 heavy (non-hydrogen) atoms. The van der Waals surface area contributed by atoms with E-state index in [1.807, 2.05) is 30.3 Å². The van der Waals surface area contributed by atoms with Gasteiger partial charge in [0.15, 0.2) is 0 Å². The van der Waals surface area contributed by atoms with Crippen molar-refractivity contribution >= 4 is 34.7 Å². The molecule has 0 aromatic heterocycles. The van der Waals surface area contributed by atoms with Crippen molar-refractivity contribution in [3.63, 3.8) is 0 Å². The number of alkyl carbamates (subject to hydrolysis) is 1. The Morgan fingerprint density at radius 1 is 1.35 bits per heavy atom. The molecule has 1 aliphatic heterocycles. The van der Waals surface area contributed by atoms with Crippen molar-refractivity contribution in [3.8, 4) is 0 Å². The van der Waals surface area contributed by atoms with E-state index in [2.05, 4.69) is 27.9 Å². The molecule has 2 unspecified atom stereocenters. The van der Waals surface area contributed by atoms with Crippen LogP contribution in [0.25, 0.3) is 0 Å². The van der Waals surface area contributed by atoms with Crippen LogP contribution in [-0.4, -0.2) is 28.6 Å². The summed E-state index contributed by atoms with van der Waals surface area (Å²) in [5.74, 6) is -0.380. The maximum Gasteiger partial charge on any atom is 0.408 e. The number of carbonyl (C=O) groups excluding carboxylic acids is 2. The zero-order valence-corrected chi connectivity index (χ0v) is 13.0. The Kier molecular flexibility index (Phi) is 5.63. The Bertz CT molecular complexity index is 466. The molecule has 1 heterocycles. The maximum atomic E-state index is 11.7. The summed E-state index contributed by atoms with van der Waals surface area (Å²) in [6.45, 7) is 0.185. The van der Waals surface area contributed by atoms with E-state index in [0.29, 0.717) is 6.42 Å². The van der Waals surface area contributed by atoms with E-state index >= 15 is 0 Å². The highest BCUT2D eigenvalue weighted by molar-refractivity contribution is 14.1. The highest BCUT2D eigenvalue weighted by atomic mass is 127. The number of hydrogen-bond acceptors (Lipinski definition) is 4. The Balaban J connectivity index is 1.76. The molecule has 1 aliphatic rings. The molecule has 0 bridgehead atoms. The summed E-state index contributed by atoms with van der Waals surface area (Å²) in [6.07, 6.45) is 0.718. The topological polar surface area (TPSA) is 64.6 Å². The van der Waals surface area contributed by atoms with Crippen LogP contribution in [0.5, 0.6) is 0 Å². The molecule has 1 amide bonds. The van der Waals surface area contributed by atoms with Crippen molar-refractivity contribution in [1.29, 1.82) is 0 Å². The lowest BCUT2D eigenvalue weighted by atomic mass is 10.1. The number of carbonyl (C=O) groups is 2. The molecule has 2 rings (SSSR count). The molecular weight excluding hydrogens is 373 g/mol. The second kappa shape index (κ2) is 7.47. The molecule has 1 aromatic rings. The van der Waals surface area contributed by atoms with Crippen molar-refractivity contribution < 1.29 is 19.1 Å². The molecule has 0 aliphatic carbocycles. The van der Waals surface area contributed by atoms with Crippen molar-refractivity contribution in [2.45, 2.75) is 31.6 Å². The van der Waals surface area contributed by atoms with Gasteiger partial charge in [0.2, 0.25) is 0 Å². The van der Waals surface area contributed by atoms with E-state index < -0.39 is 12.1 Å². The van der Waals surface area contributed by atoms with Gasteiger partial charge >= 0.3 is 12.1 Å². The third-order valence-electron chi connectivity index (χ3n) is 3.02. The van der Waals surface area contributed by atoms with E-state index in [0.717, 1.165) is 16.4 Å². The number of ether oxygens (including phenoxy) is 2. The number of alkyl halides is 1. The minimum absolute atomic E-state index is 0.0403. The van der Waals surface area contributed by atoms with Crippen LogP contribution in [0.1, 0.15) is 18.4 Å². The summed E-state index contributed by atoms with van der Waals surface area (Å²) in [5, 5.41) is 2.55. The zero-order chi connectivity index (χ0) is 14.4. The van der Waals surface area contributed by atoms with Crippen LogP contribution in [0.2, 0.25) is 0 Å². The lowest BCUT2D eigenvalue weighted by Gasteiger charge is -2.27. The minimum atomic E-state index is -0.600. The molecule has 1 aromatic carbocycles. The van der Waals surface area contributed by atoms with Gasteiger partial charge in [0.05, 0.1) is 0 Å². The maximum absolute atomic E-state index is 11.7. The second-order valence-electron chi connectivity index (χ2n) is 4.55. The van der Waals surface area contributed by atoms with Crippen LogP contribution in [0.4, 0.5) is 4.79 Å². The SMILES string of the molecule is O=C(NC1CCC(CI)OC1=O)OCc1ccccc1. The van der Waals surface area contributed by atoms with Crippen molar-refractivity contribution in [1.82, 2.24) is 5.32 Å². The Labute approximate surface area is 131 Å². The predicted molar refractivity (Wildman–Crippen MR) is 81.6 cm³/mol. The van der Waals surface area contributed by atoms with Gasteiger partial charge in [-0.1, -0.05) is 52.9 Å². The highest BCUT2D eigenvalue weighted by Gasteiger charge is 2.30. The largest absolute Gasteiger partial charge is 0.460 e. The number of hydrogen-bond donors (Lipinski definition) is 1. The van der Waals surface area contributed by atoms with E-state index in [1.165, 1.54) is 0 Å². The van der Waals surface area contributed by atoms with Gasteiger partial charge < -0.3 is 14.8 Å².